The first-order chi connectivity index (χ1) is 9.43. The zero-order valence-corrected chi connectivity index (χ0v) is 14.0. The predicted octanol–water partition coefficient (Wildman–Crippen LogP) is 5.17. The van der Waals surface area contributed by atoms with E-state index in [1.165, 1.54) is 32.1 Å². The standard InChI is InChI=1S/C16H27ClN2O/c1-5-6-7-8-9-10-11-20-14-12-13(17)18-15(19-14)16(2,3)4/h12H,5-11H2,1-4H3. The van der Waals surface area contributed by atoms with Gasteiger partial charge in [0.25, 0.3) is 0 Å². The van der Waals surface area contributed by atoms with Crippen LogP contribution in [0.1, 0.15) is 72.0 Å². The minimum absolute atomic E-state index is 0.122. The van der Waals surface area contributed by atoms with Crippen LogP contribution in [0.4, 0.5) is 0 Å². The van der Waals surface area contributed by atoms with Crippen molar-refractivity contribution in [2.75, 3.05) is 6.61 Å². The van der Waals surface area contributed by atoms with Crippen LogP contribution in [0, 0.1) is 0 Å². The second-order valence-corrected chi connectivity index (χ2v) is 6.61. The van der Waals surface area contributed by atoms with Gasteiger partial charge in [-0.15, -0.1) is 0 Å². The van der Waals surface area contributed by atoms with Crippen molar-refractivity contribution in [3.8, 4) is 5.88 Å². The van der Waals surface area contributed by atoms with Crippen LogP contribution >= 0.6 is 11.6 Å². The number of unbranched alkanes of at least 4 members (excludes halogenated alkanes) is 5. The van der Waals surface area contributed by atoms with Crippen molar-refractivity contribution in [1.29, 1.82) is 0 Å². The SMILES string of the molecule is CCCCCCCCOc1cc(Cl)nc(C(C)(C)C)n1. The van der Waals surface area contributed by atoms with Crippen molar-refractivity contribution in [3.05, 3.63) is 17.0 Å². The molecule has 0 bridgehead atoms. The molecule has 0 aliphatic heterocycles. The van der Waals surface area contributed by atoms with Crippen LogP contribution in [-0.2, 0) is 5.41 Å². The van der Waals surface area contributed by atoms with Gasteiger partial charge in [0, 0.05) is 11.5 Å². The van der Waals surface area contributed by atoms with E-state index in [9.17, 15) is 0 Å². The smallest absolute Gasteiger partial charge is 0.218 e. The van der Waals surface area contributed by atoms with Crippen LogP contribution < -0.4 is 4.74 Å². The molecule has 0 amide bonds. The molecule has 3 nitrogen and oxygen atoms in total. The molecule has 0 N–H and O–H groups in total. The number of aromatic nitrogens is 2. The van der Waals surface area contributed by atoms with Gasteiger partial charge in [0.2, 0.25) is 5.88 Å². The third-order valence-electron chi connectivity index (χ3n) is 3.09. The third-order valence-corrected chi connectivity index (χ3v) is 3.28. The highest BCUT2D eigenvalue weighted by Gasteiger charge is 2.19. The molecule has 1 rings (SSSR count). The number of nitrogens with zero attached hydrogens (tertiary/aromatic N) is 2. The van der Waals surface area contributed by atoms with Crippen LogP contribution in [0.3, 0.4) is 0 Å². The number of hydrogen-bond acceptors (Lipinski definition) is 3. The summed E-state index contributed by atoms with van der Waals surface area (Å²) in [6.07, 6.45) is 7.50. The lowest BCUT2D eigenvalue weighted by molar-refractivity contribution is 0.290. The monoisotopic (exact) mass is 298 g/mol. The van der Waals surface area contributed by atoms with Gasteiger partial charge in [0.05, 0.1) is 6.61 Å². The number of halogens is 1. The molecule has 0 aliphatic rings. The molecule has 0 atom stereocenters. The van der Waals surface area contributed by atoms with Crippen LogP contribution in [0.2, 0.25) is 5.15 Å². The van der Waals surface area contributed by atoms with Crippen LogP contribution in [0.15, 0.2) is 6.07 Å². The second-order valence-electron chi connectivity index (χ2n) is 6.22. The first-order valence-corrected chi connectivity index (χ1v) is 7.99. The Balaban J connectivity index is 2.39. The summed E-state index contributed by atoms with van der Waals surface area (Å²) in [5, 5.41) is 0.447. The zero-order valence-electron chi connectivity index (χ0n) is 13.2. The van der Waals surface area contributed by atoms with Crippen LogP contribution in [-0.4, -0.2) is 16.6 Å². The molecule has 1 heterocycles. The number of ether oxygens (including phenoxy) is 1. The zero-order chi connectivity index (χ0) is 15.0. The van der Waals surface area contributed by atoms with E-state index in [-0.39, 0.29) is 5.41 Å². The Labute approximate surface area is 128 Å². The first-order valence-electron chi connectivity index (χ1n) is 7.61. The van der Waals surface area contributed by atoms with E-state index in [1.807, 2.05) is 0 Å². The molecular weight excluding hydrogens is 272 g/mol. The minimum Gasteiger partial charge on any atom is -0.478 e. The van der Waals surface area contributed by atoms with Crippen molar-refractivity contribution in [2.24, 2.45) is 0 Å². The summed E-state index contributed by atoms with van der Waals surface area (Å²) in [6, 6.07) is 1.69. The van der Waals surface area contributed by atoms with E-state index < -0.39 is 0 Å². The van der Waals surface area contributed by atoms with E-state index in [4.69, 9.17) is 16.3 Å². The fourth-order valence-corrected chi connectivity index (χ4v) is 2.04. The van der Waals surface area contributed by atoms with Crippen molar-refractivity contribution >= 4 is 11.6 Å². The third kappa shape index (κ3) is 6.56. The lowest BCUT2D eigenvalue weighted by Crippen LogP contribution is -2.16. The fourth-order valence-electron chi connectivity index (χ4n) is 1.87. The minimum atomic E-state index is -0.122. The van der Waals surface area contributed by atoms with E-state index in [0.717, 1.165) is 12.2 Å². The lowest BCUT2D eigenvalue weighted by Gasteiger charge is -2.17. The summed E-state index contributed by atoms with van der Waals surface area (Å²) in [7, 11) is 0. The average molecular weight is 299 g/mol. The highest BCUT2D eigenvalue weighted by Crippen LogP contribution is 2.23. The average Bonchev–Trinajstić information content (AvgIpc) is 2.36. The number of rotatable bonds is 8. The maximum absolute atomic E-state index is 6.02. The molecule has 1 aromatic heterocycles. The molecule has 0 aliphatic carbocycles. The Morgan fingerprint density at radius 2 is 1.70 bits per heavy atom. The van der Waals surface area contributed by atoms with Gasteiger partial charge in [-0.3, -0.25) is 0 Å². The van der Waals surface area contributed by atoms with Gasteiger partial charge in [-0.1, -0.05) is 71.4 Å². The quantitative estimate of drug-likeness (QED) is 0.491. The first kappa shape index (κ1) is 17.2. The second kappa shape index (κ2) is 8.46. The van der Waals surface area contributed by atoms with E-state index in [0.29, 0.717) is 17.6 Å². The Hall–Kier alpha value is -0.830. The summed E-state index contributed by atoms with van der Waals surface area (Å²) >= 11 is 6.02. The Kier molecular flexibility index (Phi) is 7.28. The molecule has 0 radical (unpaired) electrons. The van der Waals surface area contributed by atoms with Crippen molar-refractivity contribution in [3.63, 3.8) is 0 Å². The predicted molar refractivity (Wildman–Crippen MR) is 84.6 cm³/mol. The van der Waals surface area contributed by atoms with Gasteiger partial charge < -0.3 is 4.74 Å². The molecule has 4 heteroatoms. The molecule has 0 unspecified atom stereocenters. The van der Waals surface area contributed by atoms with Crippen molar-refractivity contribution in [1.82, 2.24) is 9.97 Å². The number of hydrogen-bond donors (Lipinski definition) is 0. The summed E-state index contributed by atoms with van der Waals surface area (Å²) in [5.74, 6) is 1.31. The summed E-state index contributed by atoms with van der Waals surface area (Å²) in [4.78, 5) is 8.69. The molecule has 20 heavy (non-hydrogen) atoms. The van der Waals surface area contributed by atoms with E-state index in [1.54, 1.807) is 6.07 Å². The Morgan fingerprint density at radius 1 is 1.05 bits per heavy atom. The summed E-state index contributed by atoms with van der Waals surface area (Å²) in [5.41, 5.74) is -0.122. The normalized spacial score (nSPS) is 11.7. The molecule has 1 aromatic rings. The van der Waals surface area contributed by atoms with E-state index >= 15 is 0 Å². The van der Waals surface area contributed by atoms with Crippen LogP contribution in [0.5, 0.6) is 5.88 Å². The van der Waals surface area contributed by atoms with E-state index in [2.05, 4.69) is 37.7 Å². The van der Waals surface area contributed by atoms with Gasteiger partial charge >= 0.3 is 0 Å². The lowest BCUT2D eigenvalue weighted by atomic mass is 9.96. The Morgan fingerprint density at radius 3 is 2.35 bits per heavy atom. The highest BCUT2D eigenvalue weighted by molar-refractivity contribution is 6.29. The maximum atomic E-state index is 6.02. The van der Waals surface area contributed by atoms with Crippen molar-refractivity contribution < 1.29 is 4.74 Å². The maximum Gasteiger partial charge on any atom is 0.218 e. The molecule has 0 fully saturated rings. The molecule has 0 spiro atoms. The van der Waals surface area contributed by atoms with Gasteiger partial charge in [0.1, 0.15) is 11.0 Å². The molecule has 0 saturated carbocycles. The van der Waals surface area contributed by atoms with Gasteiger partial charge in [0.15, 0.2) is 0 Å². The topological polar surface area (TPSA) is 35.0 Å². The molecular formula is C16H27ClN2O. The summed E-state index contributed by atoms with van der Waals surface area (Å²) < 4.78 is 5.69. The van der Waals surface area contributed by atoms with Gasteiger partial charge in [-0.25, -0.2) is 4.98 Å². The van der Waals surface area contributed by atoms with Gasteiger partial charge in [-0.2, -0.15) is 4.98 Å². The Bertz CT molecular complexity index is 402. The molecule has 0 saturated heterocycles. The van der Waals surface area contributed by atoms with Gasteiger partial charge in [-0.05, 0) is 6.42 Å². The fraction of sp³-hybridized carbons (Fsp3) is 0.750. The molecule has 0 aromatic carbocycles. The van der Waals surface area contributed by atoms with Crippen LogP contribution in [0.25, 0.3) is 0 Å². The molecule has 114 valence electrons. The van der Waals surface area contributed by atoms with Crippen molar-refractivity contribution in [2.45, 2.75) is 71.6 Å². The highest BCUT2D eigenvalue weighted by atomic mass is 35.5. The summed E-state index contributed by atoms with van der Waals surface area (Å²) in [6.45, 7) is 9.13. The largest absolute Gasteiger partial charge is 0.478 e.